The van der Waals surface area contributed by atoms with Crippen LogP contribution in [0.15, 0.2) is 23.1 Å². The van der Waals surface area contributed by atoms with E-state index in [0.29, 0.717) is 0 Å². The fourth-order valence-corrected chi connectivity index (χ4v) is 3.19. The fraction of sp³-hybridized carbons (Fsp3) is 0.462. The van der Waals surface area contributed by atoms with Crippen LogP contribution < -0.4 is 5.32 Å². The largest absolute Gasteiger partial charge is 0.468 e. The van der Waals surface area contributed by atoms with Gasteiger partial charge in [-0.2, -0.15) is 0 Å². The summed E-state index contributed by atoms with van der Waals surface area (Å²) in [6.07, 6.45) is 0.877. The summed E-state index contributed by atoms with van der Waals surface area (Å²) in [4.78, 5) is 12.5. The number of esters is 1. The Morgan fingerprint density at radius 3 is 3.11 bits per heavy atom. The molecule has 1 aliphatic heterocycles. The molecule has 3 nitrogen and oxygen atoms in total. The van der Waals surface area contributed by atoms with E-state index in [1.165, 1.54) is 13.2 Å². The molecule has 0 aromatic heterocycles. The molecule has 1 aliphatic rings. The van der Waals surface area contributed by atoms with Crippen molar-refractivity contribution in [1.29, 1.82) is 0 Å². The Balaban J connectivity index is 2.17. The summed E-state index contributed by atoms with van der Waals surface area (Å²) in [6.45, 7) is 1.76. The van der Waals surface area contributed by atoms with E-state index >= 15 is 0 Å². The number of rotatable bonds is 3. The quantitative estimate of drug-likeness (QED) is 0.856. The van der Waals surface area contributed by atoms with E-state index in [9.17, 15) is 9.18 Å². The number of hydrogen-bond acceptors (Lipinski definition) is 4. The monoisotopic (exact) mass is 269 g/mol. The Hall–Kier alpha value is -1.07. The Bertz CT molecular complexity index is 453. The third kappa shape index (κ3) is 2.84. The molecule has 1 heterocycles. The summed E-state index contributed by atoms with van der Waals surface area (Å²) >= 11 is 1.72. The SMILES string of the molecule is COC(=O)C(C)NC1CCSc2ccc(F)cc21. The van der Waals surface area contributed by atoms with Gasteiger partial charge in [0.25, 0.3) is 0 Å². The Labute approximate surface area is 110 Å². The number of benzene rings is 1. The number of ether oxygens (including phenoxy) is 1. The van der Waals surface area contributed by atoms with Gasteiger partial charge in [-0.1, -0.05) is 0 Å². The molecule has 0 aliphatic carbocycles. The van der Waals surface area contributed by atoms with Crippen molar-refractivity contribution in [1.82, 2.24) is 5.32 Å². The summed E-state index contributed by atoms with van der Waals surface area (Å²) in [6, 6.07) is 4.43. The molecule has 1 aromatic rings. The highest BCUT2D eigenvalue weighted by atomic mass is 32.2. The molecule has 2 rings (SSSR count). The predicted octanol–water partition coefficient (Wildman–Crippen LogP) is 2.51. The van der Waals surface area contributed by atoms with E-state index in [4.69, 9.17) is 0 Å². The van der Waals surface area contributed by atoms with Crippen LogP contribution in [0.1, 0.15) is 24.9 Å². The summed E-state index contributed by atoms with van der Waals surface area (Å²) < 4.78 is 18.0. The second-order valence-corrected chi connectivity index (χ2v) is 5.42. The van der Waals surface area contributed by atoms with Crippen molar-refractivity contribution >= 4 is 17.7 Å². The van der Waals surface area contributed by atoms with Crippen LogP contribution in [0, 0.1) is 5.82 Å². The van der Waals surface area contributed by atoms with Gasteiger partial charge in [0.15, 0.2) is 0 Å². The van der Waals surface area contributed by atoms with Crippen molar-refractivity contribution in [2.45, 2.75) is 30.3 Å². The number of nitrogens with one attached hydrogen (secondary N) is 1. The zero-order valence-corrected chi connectivity index (χ0v) is 11.2. The van der Waals surface area contributed by atoms with Gasteiger partial charge < -0.3 is 4.74 Å². The minimum atomic E-state index is -0.390. The zero-order chi connectivity index (χ0) is 13.1. The predicted molar refractivity (Wildman–Crippen MR) is 69.1 cm³/mol. The highest BCUT2D eigenvalue weighted by molar-refractivity contribution is 7.99. The van der Waals surface area contributed by atoms with Gasteiger partial charge in [0.1, 0.15) is 11.9 Å². The summed E-state index contributed by atoms with van der Waals surface area (Å²) in [5.74, 6) is 0.421. The molecule has 0 saturated heterocycles. The van der Waals surface area contributed by atoms with E-state index in [1.54, 1.807) is 30.8 Å². The number of halogens is 1. The number of thioether (sulfide) groups is 1. The second-order valence-electron chi connectivity index (χ2n) is 4.28. The van der Waals surface area contributed by atoms with Crippen LogP contribution >= 0.6 is 11.8 Å². The van der Waals surface area contributed by atoms with Gasteiger partial charge in [0, 0.05) is 10.9 Å². The zero-order valence-electron chi connectivity index (χ0n) is 10.4. The van der Waals surface area contributed by atoms with Crippen LogP contribution in [-0.4, -0.2) is 24.9 Å². The summed E-state index contributed by atoms with van der Waals surface area (Å²) in [5.41, 5.74) is 0.932. The lowest BCUT2D eigenvalue weighted by Crippen LogP contribution is -2.38. The number of carbonyl (C=O) groups is 1. The van der Waals surface area contributed by atoms with Crippen LogP contribution in [0.3, 0.4) is 0 Å². The minimum Gasteiger partial charge on any atom is -0.468 e. The molecule has 1 aromatic carbocycles. The summed E-state index contributed by atoms with van der Waals surface area (Å²) in [5, 5.41) is 3.20. The van der Waals surface area contributed by atoms with Crippen molar-refractivity contribution in [3.05, 3.63) is 29.6 Å². The average Bonchev–Trinajstić information content (AvgIpc) is 2.38. The first-order valence-electron chi connectivity index (χ1n) is 5.88. The van der Waals surface area contributed by atoms with E-state index in [1.807, 2.05) is 0 Å². The number of methoxy groups -OCH3 is 1. The van der Waals surface area contributed by atoms with Gasteiger partial charge in [-0.05, 0) is 42.9 Å². The van der Waals surface area contributed by atoms with Gasteiger partial charge in [0.2, 0.25) is 0 Å². The highest BCUT2D eigenvalue weighted by Crippen LogP contribution is 2.36. The molecule has 1 N–H and O–H groups in total. The van der Waals surface area contributed by atoms with Crippen molar-refractivity contribution < 1.29 is 13.9 Å². The van der Waals surface area contributed by atoms with Gasteiger partial charge >= 0.3 is 5.97 Å². The molecule has 98 valence electrons. The van der Waals surface area contributed by atoms with Gasteiger partial charge in [-0.25, -0.2) is 4.39 Å². The van der Waals surface area contributed by atoms with E-state index in [2.05, 4.69) is 10.1 Å². The molecular weight excluding hydrogens is 253 g/mol. The molecule has 0 radical (unpaired) electrons. The Morgan fingerprint density at radius 2 is 2.39 bits per heavy atom. The van der Waals surface area contributed by atoms with Crippen molar-refractivity contribution in [3.8, 4) is 0 Å². The van der Waals surface area contributed by atoms with Crippen LogP contribution in [0.5, 0.6) is 0 Å². The van der Waals surface area contributed by atoms with Gasteiger partial charge in [0.05, 0.1) is 7.11 Å². The number of fused-ring (bicyclic) bond motifs is 1. The molecule has 0 saturated carbocycles. The summed E-state index contributed by atoms with van der Waals surface area (Å²) in [7, 11) is 1.37. The molecular formula is C13H16FNO2S. The van der Waals surface area contributed by atoms with Crippen LogP contribution in [0.25, 0.3) is 0 Å². The maximum Gasteiger partial charge on any atom is 0.322 e. The minimum absolute atomic E-state index is 0.00560. The fourth-order valence-electron chi connectivity index (χ4n) is 2.09. The molecule has 5 heteroatoms. The smallest absolute Gasteiger partial charge is 0.322 e. The highest BCUT2D eigenvalue weighted by Gasteiger charge is 2.25. The normalized spacial score (nSPS) is 20.1. The number of hydrogen-bond donors (Lipinski definition) is 1. The third-order valence-electron chi connectivity index (χ3n) is 3.02. The average molecular weight is 269 g/mol. The lowest BCUT2D eigenvalue weighted by Gasteiger charge is -2.28. The van der Waals surface area contributed by atoms with Gasteiger partial charge in [-0.15, -0.1) is 11.8 Å². The van der Waals surface area contributed by atoms with Crippen LogP contribution in [-0.2, 0) is 9.53 Å². The van der Waals surface area contributed by atoms with Crippen molar-refractivity contribution in [2.24, 2.45) is 0 Å². The second kappa shape index (κ2) is 5.71. The van der Waals surface area contributed by atoms with E-state index < -0.39 is 0 Å². The molecule has 0 spiro atoms. The maximum absolute atomic E-state index is 13.3. The first kappa shape index (κ1) is 13.4. The Kier molecular flexibility index (Phi) is 4.24. The first-order chi connectivity index (χ1) is 8.61. The van der Waals surface area contributed by atoms with E-state index in [0.717, 1.165) is 22.6 Å². The van der Waals surface area contributed by atoms with Crippen LogP contribution in [0.2, 0.25) is 0 Å². The third-order valence-corrected chi connectivity index (χ3v) is 4.14. The molecule has 18 heavy (non-hydrogen) atoms. The molecule has 2 unspecified atom stereocenters. The lowest BCUT2D eigenvalue weighted by atomic mass is 10.0. The number of carbonyl (C=O) groups excluding carboxylic acids is 1. The standard InChI is InChI=1S/C13H16FNO2S/c1-8(13(16)17-2)15-11-5-6-18-12-4-3-9(14)7-10(11)12/h3-4,7-8,11,15H,5-6H2,1-2H3. The molecule has 0 fully saturated rings. The van der Waals surface area contributed by atoms with Crippen molar-refractivity contribution in [2.75, 3.05) is 12.9 Å². The molecule has 0 amide bonds. The lowest BCUT2D eigenvalue weighted by molar-refractivity contribution is -0.142. The van der Waals surface area contributed by atoms with Gasteiger partial charge in [-0.3, -0.25) is 10.1 Å². The molecule has 2 atom stereocenters. The topological polar surface area (TPSA) is 38.3 Å². The Morgan fingerprint density at radius 1 is 1.61 bits per heavy atom. The van der Waals surface area contributed by atoms with Crippen LogP contribution in [0.4, 0.5) is 4.39 Å². The maximum atomic E-state index is 13.3. The van der Waals surface area contributed by atoms with Crippen molar-refractivity contribution in [3.63, 3.8) is 0 Å². The molecule has 0 bridgehead atoms. The first-order valence-corrected chi connectivity index (χ1v) is 6.86. The van der Waals surface area contributed by atoms with E-state index in [-0.39, 0.29) is 23.9 Å².